The first-order valence-electron chi connectivity index (χ1n) is 6.89. The summed E-state index contributed by atoms with van der Waals surface area (Å²) >= 11 is 0. The fraction of sp³-hybridized carbons (Fsp3) is 0.533. The van der Waals surface area contributed by atoms with Crippen LogP contribution in [0.3, 0.4) is 0 Å². The number of methoxy groups -OCH3 is 1. The average molecular weight is 294 g/mol. The van der Waals surface area contributed by atoms with Crippen molar-refractivity contribution in [1.82, 2.24) is 5.32 Å². The Balaban J connectivity index is 2.01. The fourth-order valence-electron chi connectivity index (χ4n) is 2.04. The summed E-state index contributed by atoms with van der Waals surface area (Å²) in [5, 5.41) is 2.91. The normalized spacial score (nSPS) is 13.3. The number of carbonyl (C=O) groups excluding carboxylic acids is 1. The molecule has 0 fully saturated rings. The van der Waals surface area contributed by atoms with E-state index in [2.05, 4.69) is 19.2 Å². The number of nitrogens with one attached hydrogen (secondary N) is 1. The van der Waals surface area contributed by atoms with Gasteiger partial charge in [-0.1, -0.05) is 13.8 Å². The number of benzene rings is 1. The number of anilines is 1. The van der Waals surface area contributed by atoms with Crippen LogP contribution in [0.2, 0.25) is 0 Å². The molecule has 0 spiro atoms. The van der Waals surface area contributed by atoms with Crippen molar-refractivity contribution in [3.63, 3.8) is 0 Å². The molecule has 0 saturated carbocycles. The van der Waals surface area contributed by atoms with E-state index in [0.29, 0.717) is 35.9 Å². The molecule has 0 aromatic heterocycles. The molecule has 6 heteroatoms. The molecule has 0 radical (unpaired) electrons. The van der Waals surface area contributed by atoms with Crippen LogP contribution in [0.5, 0.6) is 11.5 Å². The van der Waals surface area contributed by atoms with Gasteiger partial charge in [-0.3, -0.25) is 4.79 Å². The molecule has 116 valence electrons. The van der Waals surface area contributed by atoms with Crippen molar-refractivity contribution in [1.29, 1.82) is 0 Å². The van der Waals surface area contributed by atoms with Gasteiger partial charge in [0.25, 0.3) is 5.91 Å². The van der Waals surface area contributed by atoms with Gasteiger partial charge in [0, 0.05) is 32.0 Å². The van der Waals surface area contributed by atoms with Crippen LogP contribution in [-0.2, 0) is 4.74 Å². The Morgan fingerprint density at radius 1 is 1.38 bits per heavy atom. The van der Waals surface area contributed by atoms with Gasteiger partial charge in [-0.2, -0.15) is 0 Å². The van der Waals surface area contributed by atoms with Crippen molar-refractivity contribution >= 4 is 11.6 Å². The largest absolute Gasteiger partial charge is 0.454 e. The number of hydrogen-bond acceptors (Lipinski definition) is 5. The summed E-state index contributed by atoms with van der Waals surface area (Å²) in [4.78, 5) is 12.3. The van der Waals surface area contributed by atoms with Gasteiger partial charge in [-0.05, 0) is 17.9 Å². The molecule has 0 unspecified atom stereocenters. The molecule has 2 rings (SSSR count). The molecule has 1 aliphatic heterocycles. The number of amides is 1. The van der Waals surface area contributed by atoms with Gasteiger partial charge in [0.15, 0.2) is 11.5 Å². The molecule has 0 aliphatic carbocycles. The number of nitrogens with two attached hydrogens (primary N) is 1. The Labute approximate surface area is 124 Å². The second-order valence-electron chi connectivity index (χ2n) is 5.88. The molecule has 3 N–H and O–H groups in total. The van der Waals surface area contributed by atoms with E-state index in [1.165, 1.54) is 0 Å². The number of rotatable bonds is 6. The second kappa shape index (κ2) is 6.22. The lowest BCUT2D eigenvalue weighted by atomic mass is 9.89. The quantitative estimate of drug-likeness (QED) is 0.782. The highest BCUT2D eigenvalue weighted by Crippen LogP contribution is 2.35. The van der Waals surface area contributed by atoms with Gasteiger partial charge in [-0.15, -0.1) is 0 Å². The highest BCUT2D eigenvalue weighted by molar-refractivity contribution is 6.00. The highest BCUT2D eigenvalue weighted by Gasteiger charge is 2.22. The maximum atomic E-state index is 12.3. The van der Waals surface area contributed by atoms with Crippen LogP contribution in [0.1, 0.15) is 30.6 Å². The van der Waals surface area contributed by atoms with E-state index in [9.17, 15) is 4.79 Å². The van der Waals surface area contributed by atoms with E-state index in [4.69, 9.17) is 19.9 Å². The van der Waals surface area contributed by atoms with Crippen molar-refractivity contribution in [2.45, 2.75) is 20.3 Å². The molecule has 1 aliphatic rings. The van der Waals surface area contributed by atoms with Crippen LogP contribution in [0.15, 0.2) is 12.1 Å². The standard InChI is InChI=1S/C15H22N2O4/c1-15(2,4-5-19-3)8-17-14(18)10-6-12-13(7-11(10)16)21-9-20-12/h6-7H,4-5,8-9,16H2,1-3H3,(H,17,18). The number of hydrogen-bond donors (Lipinski definition) is 2. The van der Waals surface area contributed by atoms with E-state index in [1.54, 1.807) is 19.2 Å². The minimum Gasteiger partial charge on any atom is -0.454 e. The molecule has 6 nitrogen and oxygen atoms in total. The van der Waals surface area contributed by atoms with Crippen LogP contribution in [0.25, 0.3) is 0 Å². The Morgan fingerprint density at radius 3 is 2.71 bits per heavy atom. The first kappa shape index (κ1) is 15.4. The van der Waals surface area contributed by atoms with E-state index in [1.807, 2.05) is 0 Å². The first-order chi connectivity index (χ1) is 9.93. The third kappa shape index (κ3) is 3.78. The Kier molecular flexibility index (Phi) is 4.57. The van der Waals surface area contributed by atoms with Crippen molar-refractivity contribution in [2.75, 3.05) is 32.8 Å². The van der Waals surface area contributed by atoms with Crippen LogP contribution in [-0.4, -0.2) is 33.0 Å². The van der Waals surface area contributed by atoms with Crippen LogP contribution in [0.4, 0.5) is 5.69 Å². The van der Waals surface area contributed by atoms with Crippen LogP contribution < -0.4 is 20.5 Å². The van der Waals surface area contributed by atoms with Crippen molar-refractivity contribution in [2.24, 2.45) is 5.41 Å². The van der Waals surface area contributed by atoms with Gasteiger partial charge in [0.05, 0.1) is 5.56 Å². The summed E-state index contributed by atoms with van der Waals surface area (Å²) in [6.45, 7) is 5.52. The Hall–Kier alpha value is -1.95. The van der Waals surface area contributed by atoms with Crippen molar-refractivity contribution in [3.05, 3.63) is 17.7 Å². The first-order valence-corrected chi connectivity index (χ1v) is 6.89. The summed E-state index contributed by atoms with van der Waals surface area (Å²) in [5.74, 6) is 0.911. The highest BCUT2D eigenvalue weighted by atomic mass is 16.7. The minimum absolute atomic E-state index is 0.0449. The smallest absolute Gasteiger partial charge is 0.253 e. The van der Waals surface area contributed by atoms with E-state index in [0.717, 1.165) is 6.42 Å². The van der Waals surface area contributed by atoms with Gasteiger partial charge in [0.1, 0.15) is 0 Å². The maximum Gasteiger partial charge on any atom is 0.253 e. The van der Waals surface area contributed by atoms with Gasteiger partial charge in [-0.25, -0.2) is 0 Å². The molecule has 1 heterocycles. The number of fused-ring (bicyclic) bond motifs is 1. The summed E-state index contributed by atoms with van der Waals surface area (Å²) < 4.78 is 15.6. The summed E-state index contributed by atoms with van der Waals surface area (Å²) in [5.41, 5.74) is 6.64. The zero-order chi connectivity index (χ0) is 15.5. The lowest BCUT2D eigenvalue weighted by Gasteiger charge is -2.24. The predicted molar refractivity (Wildman–Crippen MR) is 79.6 cm³/mol. The molecule has 1 aromatic rings. The number of nitrogen functional groups attached to an aromatic ring is 1. The summed E-state index contributed by atoms with van der Waals surface area (Å²) in [6.07, 6.45) is 0.862. The molecule has 0 atom stereocenters. The lowest BCUT2D eigenvalue weighted by Crippen LogP contribution is -2.35. The fourth-order valence-corrected chi connectivity index (χ4v) is 2.04. The minimum atomic E-state index is -0.212. The van der Waals surface area contributed by atoms with Gasteiger partial charge < -0.3 is 25.3 Å². The van der Waals surface area contributed by atoms with E-state index < -0.39 is 0 Å². The molecular formula is C15H22N2O4. The van der Waals surface area contributed by atoms with Gasteiger partial charge in [0.2, 0.25) is 6.79 Å². The Morgan fingerprint density at radius 2 is 2.05 bits per heavy atom. The summed E-state index contributed by atoms with van der Waals surface area (Å²) in [6, 6.07) is 3.24. The SMILES string of the molecule is COCCC(C)(C)CNC(=O)c1cc2c(cc1N)OCO2. The van der Waals surface area contributed by atoms with Gasteiger partial charge >= 0.3 is 0 Å². The molecule has 1 aromatic carbocycles. The second-order valence-corrected chi connectivity index (χ2v) is 5.88. The van der Waals surface area contributed by atoms with E-state index in [-0.39, 0.29) is 18.1 Å². The number of carbonyl (C=O) groups is 1. The predicted octanol–water partition coefficient (Wildman–Crippen LogP) is 1.79. The lowest BCUT2D eigenvalue weighted by molar-refractivity contribution is 0.0921. The maximum absolute atomic E-state index is 12.3. The molecule has 1 amide bonds. The zero-order valence-electron chi connectivity index (χ0n) is 12.7. The third-order valence-electron chi connectivity index (χ3n) is 3.50. The van der Waals surface area contributed by atoms with E-state index >= 15 is 0 Å². The molecule has 0 saturated heterocycles. The summed E-state index contributed by atoms with van der Waals surface area (Å²) in [7, 11) is 1.67. The average Bonchev–Trinajstić information content (AvgIpc) is 2.89. The number of ether oxygens (including phenoxy) is 3. The third-order valence-corrected chi connectivity index (χ3v) is 3.50. The Bertz CT molecular complexity index is 529. The zero-order valence-corrected chi connectivity index (χ0v) is 12.7. The van der Waals surface area contributed by atoms with Crippen molar-refractivity contribution in [3.8, 4) is 11.5 Å². The monoisotopic (exact) mass is 294 g/mol. The van der Waals surface area contributed by atoms with Crippen molar-refractivity contribution < 1.29 is 19.0 Å². The van der Waals surface area contributed by atoms with Crippen LogP contribution in [0, 0.1) is 5.41 Å². The van der Waals surface area contributed by atoms with Crippen LogP contribution >= 0.6 is 0 Å². The molecule has 21 heavy (non-hydrogen) atoms. The topological polar surface area (TPSA) is 82.8 Å². The molecule has 0 bridgehead atoms. The molecular weight excluding hydrogens is 272 g/mol.